The molecule has 0 bridgehead atoms. The van der Waals surface area contributed by atoms with Crippen molar-refractivity contribution in [1.82, 2.24) is 4.90 Å². The van der Waals surface area contributed by atoms with Crippen LogP contribution in [0.15, 0.2) is 24.3 Å². The van der Waals surface area contributed by atoms with Crippen LogP contribution in [-0.4, -0.2) is 49.7 Å². The fraction of sp³-hybridized carbons (Fsp3) is 0.588. The van der Waals surface area contributed by atoms with Crippen molar-refractivity contribution in [2.24, 2.45) is 0 Å². The van der Waals surface area contributed by atoms with E-state index in [-0.39, 0.29) is 6.42 Å². The largest absolute Gasteiger partial charge is 0.481 e. The summed E-state index contributed by atoms with van der Waals surface area (Å²) in [6, 6.07) is 8.55. The fourth-order valence-electron chi connectivity index (χ4n) is 2.18. The van der Waals surface area contributed by atoms with E-state index in [1.54, 1.807) is 0 Å². The molecule has 0 fully saturated rings. The van der Waals surface area contributed by atoms with E-state index in [1.807, 2.05) is 14.1 Å². The van der Waals surface area contributed by atoms with Gasteiger partial charge >= 0.3 is 5.97 Å². The smallest absolute Gasteiger partial charge is 0.305 e. The van der Waals surface area contributed by atoms with Crippen molar-refractivity contribution in [2.45, 2.75) is 32.6 Å². The van der Waals surface area contributed by atoms with Gasteiger partial charge in [-0.1, -0.05) is 25.5 Å². The Morgan fingerprint density at radius 1 is 1.10 bits per heavy atom. The minimum Gasteiger partial charge on any atom is -0.481 e. The zero-order chi connectivity index (χ0) is 15.7. The van der Waals surface area contributed by atoms with E-state index in [0.717, 1.165) is 25.2 Å². The van der Waals surface area contributed by atoms with Crippen LogP contribution in [0.2, 0.25) is 0 Å². The highest BCUT2D eigenvalue weighted by molar-refractivity contribution is 5.67. The number of rotatable bonds is 10. The van der Waals surface area contributed by atoms with Gasteiger partial charge in [0.25, 0.3) is 0 Å². The van der Waals surface area contributed by atoms with Gasteiger partial charge in [-0.3, -0.25) is 4.79 Å². The number of hydrogen-bond donors (Lipinski definition) is 1. The van der Waals surface area contributed by atoms with Crippen LogP contribution in [0.4, 0.5) is 5.69 Å². The first-order valence-corrected chi connectivity index (χ1v) is 7.73. The van der Waals surface area contributed by atoms with Crippen molar-refractivity contribution in [1.29, 1.82) is 0 Å². The van der Waals surface area contributed by atoms with Crippen LogP contribution in [-0.2, 0) is 11.2 Å². The second kappa shape index (κ2) is 9.40. The number of anilines is 1. The number of carbonyl (C=O) groups is 1. The Balaban J connectivity index is 2.68. The molecule has 4 heteroatoms. The summed E-state index contributed by atoms with van der Waals surface area (Å²) >= 11 is 0. The predicted molar refractivity (Wildman–Crippen MR) is 88.1 cm³/mol. The van der Waals surface area contributed by atoms with Gasteiger partial charge in [0.1, 0.15) is 0 Å². The minimum atomic E-state index is -0.746. The summed E-state index contributed by atoms with van der Waals surface area (Å²) < 4.78 is 0. The lowest BCUT2D eigenvalue weighted by molar-refractivity contribution is -0.136. The zero-order valence-electron chi connectivity index (χ0n) is 13.5. The van der Waals surface area contributed by atoms with Crippen molar-refractivity contribution in [3.05, 3.63) is 29.8 Å². The Kier molecular flexibility index (Phi) is 7.83. The molecule has 0 saturated carbocycles. The van der Waals surface area contributed by atoms with Crippen molar-refractivity contribution in [3.8, 4) is 0 Å². The van der Waals surface area contributed by atoms with Gasteiger partial charge in [-0.05, 0) is 44.6 Å². The summed E-state index contributed by atoms with van der Waals surface area (Å²) in [7, 11) is 4.06. The summed E-state index contributed by atoms with van der Waals surface area (Å²) in [5.41, 5.74) is 2.46. The summed E-state index contributed by atoms with van der Waals surface area (Å²) in [6.07, 6.45) is 3.70. The standard InChI is InChI=1S/C17H28N2O2/c1-4-5-6-15-7-9-16(10-8-15)19(12-11-17(20)21)14-13-18(2)3/h7-10H,4-6,11-14H2,1-3H3,(H,20,21). The molecule has 0 heterocycles. The molecule has 4 nitrogen and oxygen atoms in total. The normalized spacial score (nSPS) is 10.9. The number of likely N-dealkylation sites (N-methyl/N-ethyl adjacent to an activating group) is 1. The van der Waals surface area contributed by atoms with Gasteiger partial charge in [-0.2, -0.15) is 0 Å². The summed E-state index contributed by atoms with van der Waals surface area (Å²) in [4.78, 5) is 15.1. The molecular weight excluding hydrogens is 264 g/mol. The molecule has 0 aromatic heterocycles. The Hall–Kier alpha value is -1.55. The molecule has 0 saturated heterocycles. The predicted octanol–water partition coefficient (Wildman–Crippen LogP) is 2.87. The number of benzene rings is 1. The SMILES string of the molecule is CCCCc1ccc(N(CCC(=O)O)CCN(C)C)cc1. The van der Waals surface area contributed by atoms with E-state index in [4.69, 9.17) is 5.11 Å². The van der Waals surface area contributed by atoms with Gasteiger partial charge in [0.05, 0.1) is 6.42 Å². The highest BCUT2D eigenvalue weighted by atomic mass is 16.4. The lowest BCUT2D eigenvalue weighted by Crippen LogP contribution is -2.33. The summed E-state index contributed by atoms with van der Waals surface area (Å²) in [6.45, 7) is 4.51. The maximum atomic E-state index is 10.8. The summed E-state index contributed by atoms with van der Waals surface area (Å²) in [5.74, 6) is -0.746. The molecule has 1 aromatic rings. The first-order valence-electron chi connectivity index (χ1n) is 7.73. The molecule has 0 aliphatic rings. The Bertz CT molecular complexity index is 415. The van der Waals surface area contributed by atoms with Crippen molar-refractivity contribution in [2.75, 3.05) is 38.6 Å². The number of carboxylic acids is 1. The molecule has 0 atom stereocenters. The Labute approximate surface area is 128 Å². The van der Waals surface area contributed by atoms with Crippen LogP contribution in [0.5, 0.6) is 0 Å². The molecule has 0 aliphatic carbocycles. The van der Waals surface area contributed by atoms with E-state index in [0.29, 0.717) is 6.54 Å². The lowest BCUT2D eigenvalue weighted by Gasteiger charge is -2.26. The molecule has 118 valence electrons. The van der Waals surface area contributed by atoms with Crippen LogP contribution in [0.1, 0.15) is 31.7 Å². The van der Waals surface area contributed by atoms with Crippen molar-refractivity contribution in [3.63, 3.8) is 0 Å². The van der Waals surface area contributed by atoms with Crippen LogP contribution in [0, 0.1) is 0 Å². The molecule has 0 amide bonds. The van der Waals surface area contributed by atoms with Crippen LogP contribution < -0.4 is 4.90 Å². The van der Waals surface area contributed by atoms with Gasteiger partial charge in [0.15, 0.2) is 0 Å². The second-order valence-corrected chi connectivity index (χ2v) is 5.70. The number of unbranched alkanes of at least 4 members (excludes halogenated alkanes) is 1. The third kappa shape index (κ3) is 7.14. The first-order chi connectivity index (χ1) is 10.0. The molecule has 0 radical (unpaired) electrons. The number of aliphatic carboxylic acids is 1. The molecule has 1 aromatic carbocycles. The average molecular weight is 292 g/mol. The fourth-order valence-corrected chi connectivity index (χ4v) is 2.18. The second-order valence-electron chi connectivity index (χ2n) is 5.70. The quantitative estimate of drug-likeness (QED) is 0.720. The lowest BCUT2D eigenvalue weighted by atomic mass is 10.1. The average Bonchev–Trinajstić information content (AvgIpc) is 2.45. The monoisotopic (exact) mass is 292 g/mol. The molecule has 1 rings (SSSR count). The van der Waals surface area contributed by atoms with Crippen LogP contribution in [0.3, 0.4) is 0 Å². The van der Waals surface area contributed by atoms with Crippen molar-refractivity contribution < 1.29 is 9.90 Å². The third-order valence-corrected chi connectivity index (χ3v) is 3.53. The molecule has 21 heavy (non-hydrogen) atoms. The highest BCUT2D eigenvalue weighted by Gasteiger charge is 2.09. The Morgan fingerprint density at radius 2 is 1.76 bits per heavy atom. The van der Waals surface area contributed by atoms with Gasteiger partial charge in [0.2, 0.25) is 0 Å². The van der Waals surface area contributed by atoms with Crippen molar-refractivity contribution >= 4 is 11.7 Å². The molecule has 1 N–H and O–H groups in total. The van der Waals surface area contributed by atoms with Gasteiger partial charge in [-0.25, -0.2) is 0 Å². The molecular formula is C17H28N2O2. The zero-order valence-corrected chi connectivity index (χ0v) is 13.5. The van der Waals surface area contributed by atoms with E-state index in [2.05, 4.69) is 41.0 Å². The van der Waals surface area contributed by atoms with E-state index < -0.39 is 5.97 Å². The van der Waals surface area contributed by atoms with E-state index in [9.17, 15) is 4.79 Å². The molecule has 0 aliphatic heterocycles. The number of nitrogens with zero attached hydrogens (tertiary/aromatic N) is 2. The van der Waals surface area contributed by atoms with Gasteiger partial charge in [0, 0.05) is 25.3 Å². The van der Waals surface area contributed by atoms with E-state index in [1.165, 1.54) is 18.4 Å². The maximum Gasteiger partial charge on any atom is 0.305 e. The third-order valence-electron chi connectivity index (χ3n) is 3.53. The van der Waals surface area contributed by atoms with Crippen LogP contribution >= 0.6 is 0 Å². The Morgan fingerprint density at radius 3 is 2.29 bits per heavy atom. The highest BCUT2D eigenvalue weighted by Crippen LogP contribution is 2.17. The minimum absolute atomic E-state index is 0.172. The van der Waals surface area contributed by atoms with E-state index >= 15 is 0 Å². The van der Waals surface area contributed by atoms with Gasteiger partial charge < -0.3 is 14.9 Å². The topological polar surface area (TPSA) is 43.8 Å². The molecule has 0 spiro atoms. The first kappa shape index (κ1) is 17.5. The summed E-state index contributed by atoms with van der Waals surface area (Å²) in [5, 5.41) is 8.89. The number of carboxylic acid groups (broad SMARTS) is 1. The number of hydrogen-bond acceptors (Lipinski definition) is 3. The number of aryl methyl sites for hydroxylation is 1. The molecule has 0 unspecified atom stereocenters. The van der Waals surface area contributed by atoms with Crippen LogP contribution in [0.25, 0.3) is 0 Å². The van der Waals surface area contributed by atoms with Gasteiger partial charge in [-0.15, -0.1) is 0 Å². The maximum absolute atomic E-state index is 10.8.